The maximum absolute atomic E-state index is 5.57. The third-order valence-electron chi connectivity index (χ3n) is 4.09. The summed E-state index contributed by atoms with van der Waals surface area (Å²) < 4.78 is 18.2. The van der Waals surface area contributed by atoms with E-state index in [1.54, 1.807) is 26.0 Å². The Bertz CT molecular complexity index is 881. The Morgan fingerprint density at radius 2 is 1.82 bits per heavy atom. The lowest BCUT2D eigenvalue weighted by molar-refractivity contribution is 0.200. The van der Waals surface area contributed by atoms with Gasteiger partial charge in [-0.15, -0.1) is 10.2 Å². The van der Waals surface area contributed by atoms with E-state index in [0.29, 0.717) is 6.61 Å². The van der Waals surface area contributed by atoms with Gasteiger partial charge in [0.2, 0.25) is 0 Å². The van der Waals surface area contributed by atoms with Gasteiger partial charge < -0.3 is 14.2 Å². The highest BCUT2D eigenvalue weighted by Crippen LogP contribution is 2.30. The van der Waals surface area contributed by atoms with Crippen LogP contribution >= 0.6 is 11.8 Å². The number of ether oxygens (including phenoxy) is 3. The van der Waals surface area contributed by atoms with Crippen LogP contribution in [0.5, 0.6) is 11.5 Å². The van der Waals surface area contributed by atoms with Crippen LogP contribution in [0.1, 0.15) is 13.3 Å². The van der Waals surface area contributed by atoms with E-state index < -0.39 is 0 Å². The first kappa shape index (κ1) is 20.2. The van der Waals surface area contributed by atoms with Gasteiger partial charge >= 0.3 is 0 Å². The summed E-state index contributed by atoms with van der Waals surface area (Å²) in [6.45, 7) is 3.35. The van der Waals surface area contributed by atoms with Crippen molar-refractivity contribution >= 4 is 11.8 Å². The Hall–Kier alpha value is -2.51. The van der Waals surface area contributed by atoms with Crippen LogP contribution in [0.25, 0.3) is 17.1 Å². The van der Waals surface area contributed by atoms with Gasteiger partial charge in [-0.1, -0.05) is 23.9 Å². The Morgan fingerprint density at radius 1 is 1.00 bits per heavy atom. The molecule has 0 atom stereocenters. The summed E-state index contributed by atoms with van der Waals surface area (Å²) in [6.07, 6.45) is 0.950. The summed E-state index contributed by atoms with van der Waals surface area (Å²) >= 11 is 1.67. The fraction of sp³-hybridized carbons (Fsp3) is 0.333. The molecule has 0 saturated heterocycles. The molecule has 2 aromatic carbocycles. The fourth-order valence-corrected chi connectivity index (χ4v) is 3.63. The largest absolute Gasteiger partial charge is 0.497 e. The summed E-state index contributed by atoms with van der Waals surface area (Å²) in [6, 6.07) is 15.8. The number of methoxy groups -OCH3 is 2. The van der Waals surface area contributed by atoms with E-state index in [0.717, 1.165) is 52.5 Å². The topological polar surface area (TPSA) is 58.4 Å². The zero-order valence-electron chi connectivity index (χ0n) is 16.4. The Kier molecular flexibility index (Phi) is 7.33. The molecule has 0 fully saturated rings. The molecule has 28 heavy (non-hydrogen) atoms. The van der Waals surface area contributed by atoms with E-state index in [1.165, 1.54) is 0 Å². The van der Waals surface area contributed by atoms with Crippen molar-refractivity contribution in [2.75, 3.05) is 33.2 Å². The monoisotopic (exact) mass is 399 g/mol. The molecule has 0 aliphatic rings. The molecule has 0 unspecified atom stereocenters. The van der Waals surface area contributed by atoms with E-state index in [1.807, 2.05) is 55.5 Å². The normalized spacial score (nSPS) is 10.8. The van der Waals surface area contributed by atoms with Gasteiger partial charge in [0, 0.05) is 30.7 Å². The second-order valence-corrected chi connectivity index (χ2v) is 7.06. The molecule has 0 spiro atoms. The lowest BCUT2D eigenvalue weighted by Crippen LogP contribution is -2.01. The van der Waals surface area contributed by atoms with Crippen LogP contribution in [-0.4, -0.2) is 48.0 Å². The van der Waals surface area contributed by atoms with Gasteiger partial charge in [-0.2, -0.15) is 0 Å². The number of rotatable bonds is 10. The van der Waals surface area contributed by atoms with Crippen LogP contribution in [0.3, 0.4) is 0 Å². The summed E-state index contributed by atoms with van der Waals surface area (Å²) in [5.74, 6) is 3.31. The third kappa shape index (κ3) is 4.85. The number of hydrogen-bond acceptors (Lipinski definition) is 6. The summed E-state index contributed by atoms with van der Waals surface area (Å²) in [7, 11) is 3.38. The van der Waals surface area contributed by atoms with Crippen molar-refractivity contribution < 1.29 is 14.2 Å². The minimum atomic E-state index is 0.641. The highest BCUT2D eigenvalue weighted by Gasteiger charge is 2.16. The molecule has 1 heterocycles. The lowest BCUT2D eigenvalue weighted by Gasteiger charge is -2.12. The molecule has 6 nitrogen and oxygen atoms in total. The van der Waals surface area contributed by atoms with Crippen molar-refractivity contribution in [2.45, 2.75) is 18.5 Å². The number of hydrogen-bond donors (Lipinski definition) is 0. The standard InChI is InChI=1S/C21H25N3O3S/c1-4-27-18-11-9-17(10-12-18)24-20(16-7-5-8-19(15-16)26-3)22-23-21(24)28-14-6-13-25-2/h5,7-12,15H,4,6,13-14H2,1-3H3. The van der Waals surface area contributed by atoms with Crippen LogP contribution in [0.2, 0.25) is 0 Å². The van der Waals surface area contributed by atoms with E-state index in [-0.39, 0.29) is 0 Å². The molecule has 0 aliphatic heterocycles. The minimum Gasteiger partial charge on any atom is -0.497 e. The molecular formula is C21H25N3O3S. The molecular weight excluding hydrogens is 374 g/mol. The van der Waals surface area contributed by atoms with Gasteiger partial charge in [-0.25, -0.2) is 0 Å². The first-order valence-electron chi connectivity index (χ1n) is 9.21. The first-order valence-corrected chi connectivity index (χ1v) is 10.2. The molecule has 0 bridgehead atoms. The van der Waals surface area contributed by atoms with E-state index >= 15 is 0 Å². The predicted octanol–water partition coefficient (Wildman–Crippen LogP) is 4.47. The highest BCUT2D eigenvalue weighted by atomic mass is 32.2. The van der Waals surface area contributed by atoms with Gasteiger partial charge in [-0.05, 0) is 49.7 Å². The molecule has 0 amide bonds. The quantitative estimate of drug-likeness (QED) is 0.370. The minimum absolute atomic E-state index is 0.641. The molecule has 0 aliphatic carbocycles. The summed E-state index contributed by atoms with van der Waals surface area (Å²) in [5, 5.41) is 9.76. The maximum Gasteiger partial charge on any atom is 0.196 e. The Balaban J connectivity index is 1.98. The maximum atomic E-state index is 5.57. The third-order valence-corrected chi connectivity index (χ3v) is 5.11. The number of nitrogens with zero attached hydrogens (tertiary/aromatic N) is 3. The van der Waals surface area contributed by atoms with E-state index in [4.69, 9.17) is 14.2 Å². The Morgan fingerprint density at radius 3 is 2.54 bits per heavy atom. The van der Waals surface area contributed by atoms with Gasteiger partial charge in [0.05, 0.1) is 13.7 Å². The van der Waals surface area contributed by atoms with Crippen LogP contribution in [0.15, 0.2) is 53.7 Å². The van der Waals surface area contributed by atoms with Crippen molar-refractivity contribution in [3.8, 4) is 28.6 Å². The van der Waals surface area contributed by atoms with Crippen molar-refractivity contribution in [3.63, 3.8) is 0 Å². The second kappa shape index (κ2) is 10.1. The number of thioether (sulfide) groups is 1. The van der Waals surface area contributed by atoms with E-state index in [2.05, 4.69) is 14.8 Å². The average Bonchev–Trinajstić information content (AvgIpc) is 3.16. The second-order valence-electron chi connectivity index (χ2n) is 6.00. The Labute approximate surface area is 169 Å². The van der Waals surface area contributed by atoms with Crippen molar-refractivity contribution in [1.82, 2.24) is 14.8 Å². The average molecular weight is 400 g/mol. The zero-order valence-corrected chi connectivity index (χ0v) is 17.2. The first-order chi connectivity index (χ1) is 13.8. The van der Waals surface area contributed by atoms with Gasteiger partial charge in [-0.3, -0.25) is 4.57 Å². The van der Waals surface area contributed by atoms with Crippen molar-refractivity contribution in [3.05, 3.63) is 48.5 Å². The molecule has 3 rings (SSSR count). The number of aromatic nitrogens is 3. The van der Waals surface area contributed by atoms with Crippen LogP contribution < -0.4 is 9.47 Å². The van der Waals surface area contributed by atoms with Crippen molar-refractivity contribution in [1.29, 1.82) is 0 Å². The van der Waals surface area contributed by atoms with Gasteiger partial charge in [0.15, 0.2) is 11.0 Å². The van der Waals surface area contributed by atoms with Gasteiger partial charge in [0.1, 0.15) is 11.5 Å². The molecule has 7 heteroatoms. The molecule has 148 valence electrons. The highest BCUT2D eigenvalue weighted by molar-refractivity contribution is 7.99. The fourth-order valence-electron chi connectivity index (χ4n) is 2.77. The molecule has 3 aromatic rings. The number of benzene rings is 2. The summed E-state index contributed by atoms with van der Waals surface area (Å²) in [5.41, 5.74) is 1.94. The molecule has 0 N–H and O–H groups in total. The SMILES string of the molecule is CCOc1ccc(-n2c(SCCCOC)nnc2-c2cccc(OC)c2)cc1. The summed E-state index contributed by atoms with van der Waals surface area (Å²) in [4.78, 5) is 0. The molecule has 0 saturated carbocycles. The van der Waals surface area contributed by atoms with Crippen LogP contribution in [-0.2, 0) is 4.74 Å². The van der Waals surface area contributed by atoms with Gasteiger partial charge in [0.25, 0.3) is 0 Å². The van der Waals surface area contributed by atoms with Crippen LogP contribution in [0.4, 0.5) is 0 Å². The smallest absolute Gasteiger partial charge is 0.196 e. The van der Waals surface area contributed by atoms with Crippen LogP contribution in [0, 0.1) is 0 Å². The van der Waals surface area contributed by atoms with E-state index in [9.17, 15) is 0 Å². The molecule has 1 aromatic heterocycles. The van der Waals surface area contributed by atoms with Crippen molar-refractivity contribution in [2.24, 2.45) is 0 Å². The predicted molar refractivity (Wildman–Crippen MR) is 112 cm³/mol. The lowest BCUT2D eigenvalue weighted by atomic mass is 10.2. The molecule has 0 radical (unpaired) electrons. The zero-order chi connectivity index (χ0) is 19.8.